The molecule has 116 valence electrons. The van der Waals surface area contributed by atoms with E-state index in [9.17, 15) is 10.1 Å². The lowest BCUT2D eigenvalue weighted by Crippen LogP contribution is -2.30. The minimum Gasteiger partial charge on any atom is -0.496 e. The van der Waals surface area contributed by atoms with Crippen LogP contribution in [0.3, 0.4) is 0 Å². The molecule has 0 amide bonds. The number of hydrogen-bond donors (Lipinski definition) is 1. The summed E-state index contributed by atoms with van der Waals surface area (Å²) in [6.07, 6.45) is 3.51. The average Bonchev–Trinajstić information content (AvgIpc) is 2.52. The van der Waals surface area contributed by atoms with E-state index in [2.05, 4.69) is 5.32 Å². The smallest absolute Gasteiger partial charge is 0.273 e. The third-order valence-electron chi connectivity index (χ3n) is 3.74. The number of nitrogens with one attached hydrogen (secondary N) is 1. The van der Waals surface area contributed by atoms with E-state index in [0.717, 1.165) is 25.1 Å². The van der Waals surface area contributed by atoms with Gasteiger partial charge in [-0.3, -0.25) is 10.1 Å². The van der Waals surface area contributed by atoms with E-state index in [-0.39, 0.29) is 5.69 Å². The fourth-order valence-electron chi connectivity index (χ4n) is 2.56. The number of nitro groups is 1. The van der Waals surface area contributed by atoms with Gasteiger partial charge in [0.2, 0.25) is 0 Å². The van der Waals surface area contributed by atoms with E-state index >= 15 is 0 Å². The van der Waals surface area contributed by atoms with Crippen molar-refractivity contribution in [3.63, 3.8) is 0 Å². The van der Waals surface area contributed by atoms with Gasteiger partial charge in [0, 0.05) is 12.7 Å². The first-order valence-electron chi connectivity index (χ1n) is 7.30. The van der Waals surface area contributed by atoms with Crippen molar-refractivity contribution in [2.45, 2.75) is 25.9 Å². The molecule has 1 fully saturated rings. The van der Waals surface area contributed by atoms with Crippen LogP contribution < -0.4 is 10.1 Å². The van der Waals surface area contributed by atoms with Crippen molar-refractivity contribution >= 4 is 5.69 Å². The Morgan fingerprint density at radius 3 is 2.95 bits per heavy atom. The van der Waals surface area contributed by atoms with Crippen LogP contribution >= 0.6 is 0 Å². The molecular weight excluding hydrogens is 272 g/mol. The Bertz CT molecular complexity index is 473. The predicted molar refractivity (Wildman–Crippen MR) is 79.5 cm³/mol. The largest absolute Gasteiger partial charge is 0.496 e. The number of rotatable bonds is 7. The van der Waals surface area contributed by atoms with Crippen molar-refractivity contribution in [3.8, 4) is 5.75 Å². The SMILES string of the molecule is COc1cc(COCCC2CCCNC2)cc([N+](=O)[O-])c1. The standard InChI is InChI=1S/C15H22N2O4/c1-20-15-8-13(7-14(9-15)17(18)19)11-21-6-4-12-3-2-5-16-10-12/h7-9,12,16H,2-6,10-11H2,1H3. The van der Waals surface area contributed by atoms with Crippen molar-refractivity contribution < 1.29 is 14.4 Å². The molecular formula is C15H22N2O4. The molecule has 1 unspecified atom stereocenters. The maximum Gasteiger partial charge on any atom is 0.273 e. The molecule has 1 aliphatic heterocycles. The quantitative estimate of drug-likeness (QED) is 0.475. The van der Waals surface area contributed by atoms with E-state index in [1.165, 1.54) is 32.1 Å². The normalized spacial score (nSPS) is 18.4. The van der Waals surface area contributed by atoms with Crippen LogP contribution in [-0.2, 0) is 11.3 Å². The molecule has 1 heterocycles. The van der Waals surface area contributed by atoms with Crippen LogP contribution in [0.2, 0.25) is 0 Å². The molecule has 6 nitrogen and oxygen atoms in total. The summed E-state index contributed by atoms with van der Waals surface area (Å²) < 4.78 is 10.7. The van der Waals surface area contributed by atoms with Crippen LogP contribution in [0.15, 0.2) is 18.2 Å². The summed E-state index contributed by atoms with van der Waals surface area (Å²) in [5.74, 6) is 1.16. The van der Waals surface area contributed by atoms with Gasteiger partial charge in [-0.25, -0.2) is 0 Å². The van der Waals surface area contributed by atoms with Crippen molar-refractivity contribution in [1.82, 2.24) is 5.32 Å². The van der Waals surface area contributed by atoms with Crippen molar-refractivity contribution in [2.24, 2.45) is 5.92 Å². The predicted octanol–water partition coefficient (Wildman–Crippen LogP) is 2.51. The number of nitrogens with zero attached hydrogens (tertiary/aromatic N) is 1. The fourth-order valence-corrected chi connectivity index (χ4v) is 2.56. The topological polar surface area (TPSA) is 73.6 Å². The van der Waals surface area contributed by atoms with Crippen LogP contribution in [0.4, 0.5) is 5.69 Å². The van der Waals surface area contributed by atoms with Gasteiger partial charge in [-0.15, -0.1) is 0 Å². The zero-order chi connectivity index (χ0) is 15.1. The molecule has 0 saturated carbocycles. The van der Waals surface area contributed by atoms with Gasteiger partial charge < -0.3 is 14.8 Å². The van der Waals surface area contributed by atoms with Crippen molar-refractivity contribution in [2.75, 3.05) is 26.8 Å². The summed E-state index contributed by atoms with van der Waals surface area (Å²) in [6, 6.07) is 4.72. The highest BCUT2D eigenvalue weighted by Gasteiger charge is 2.13. The van der Waals surface area contributed by atoms with Gasteiger partial charge in [0.1, 0.15) is 5.75 Å². The third kappa shape index (κ3) is 4.99. The summed E-state index contributed by atoms with van der Waals surface area (Å²) in [7, 11) is 1.50. The molecule has 0 bridgehead atoms. The Balaban J connectivity index is 1.81. The highest BCUT2D eigenvalue weighted by molar-refractivity contribution is 5.42. The summed E-state index contributed by atoms with van der Waals surface area (Å²) in [5, 5.41) is 14.2. The third-order valence-corrected chi connectivity index (χ3v) is 3.74. The average molecular weight is 294 g/mol. The van der Waals surface area contributed by atoms with Crippen molar-refractivity contribution in [3.05, 3.63) is 33.9 Å². The lowest BCUT2D eigenvalue weighted by molar-refractivity contribution is -0.385. The van der Waals surface area contributed by atoms with Crippen LogP contribution in [0.5, 0.6) is 5.75 Å². The van der Waals surface area contributed by atoms with Crippen LogP contribution in [0.25, 0.3) is 0 Å². The number of hydrogen-bond acceptors (Lipinski definition) is 5. The lowest BCUT2D eigenvalue weighted by atomic mass is 9.97. The van der Waals surface area contributed by atoms with E-state index in [0.29, 0.717) is 24.9 Å². The monoisotopic (exact) mass is 294 g/mol. The van der Waals surface area contributed by atoms with Gasteiger partial charge in [-0.05, 0) is 49.9 Å². The molecule has 0 aromatic heterocycles. The first kappa shape index (κ1) is 15.7. The summed E-state index contributed by atoms with van der Waals surface area (Å²) in [5.41, 5.74) is 0.798. The number of benzene rings is 1. The Morgan fingerprint density at radius 2 is 2.29 bits per heavy atom. The van der Waals surface area contributed by atoms with Gasteiger partial charge in [0.05, 0.1) is 24.7 Å². The van der Waals surface area contributed by atoms with Gasteiger partial charge in [0.25, 0.3) is 5.69 Å². The van der Waals surface area contributed by atoms with E-state index in [1.54, 1.807) is 6.07 Å². The van der Waals surface area contributed by atoms with Gasteiger partial charge in [0.15, 0.2) is 0 Å². The summed E-state index contributed by atoms with van der Waals surface area (Å²) in [4.78, 5) is 10.4. The first-order valence-corrected chi connectivity index (χ1v) is 7.30. The minimum absolute atomic E-state index is 0.0319. The number of ether oxygens (including phenoxy) is 2. The second-order valence-electron chi connectivity index (χ2n) is 5.35. The van der Waals surface area contributed by atoms with E-state index in [1.807, 2.05) is 0 Å². The molecule has 1 aliphatic rings. The summed E-state index contributed by atoms with van der Waals surface area (Å²) >= 11 is 0. The molecule has 1 N–H and O–H groups in total. The van der Waals surface area contributed by atoms with E-state index < -0.39 is 4.92 Å². The molecule has 1 atom stereocenters. The Hall–Kier alpha value is -1.66. The number of non-ortho nitro benzene ring substituents is 1. The second-order valence-corrected chi connectivity index (χ2v) is 5.35. The molecule has 0 aliphatic carbocycles. The van der Waals surface area contributed by atoms with Crippen LogP contribution in [0, 0.1) is 16.0 Å². The molecule has 0 spiro atoms. The Labute approximate surface area is 124 Å². The van der Waals surface area contributed by atoms with E-state index in [4.69, 9.17) is 9.47 Å². The van der Waals surface area contributed by atoms with Crippen molar-refractivity contribution in [1.29, 1.82) is 0 Å². The summed E-state index contributed by atoms with van der Waals surface area (Å²) in [6.45, 7) is 3.23. The number of piperidine rings is 1. The highest BCUT2D eigenvalue weighted by atomic mass is 16.6. The molecule has 1 aromatic rings. The molecule has 0 radical (unpaired) electrons. The number of nitro benzene ring substituents is 1. The Morgan fingerprint density at radius 1 is 1.43 bits per heavy atom. The zero-order valence-electron chi connectivity index (χ0n) is 12.3. The minimum atomic E-state index is -0.417. The maximum atomic E-state index is 10.9. The van der Waals surface area contributed by atoms with Gasteiger partial charge in [-0.2, -0.15) is 0 Å². The molecule has 2 rings (SSSR count). The lowest BCUT2D eigenvalue weighted by Gasteiger charge is -2.22. The molecule has 6 heteroatoms. The first-order chi connectivity index (χ1) is 10.2. The fraction of sp³-hybridized carbons (Fsp3) is 0.600. The second kappa shape index (κ2) is 7.95. The van der Waals surface area contributed by atoms with Crippen LogP contribution in [-0.4, -0.2) is 31.7 Å². The molecule has 21 heavy (non-hydrogen) atoms. The maximum absolute atomic E-state index is 10.9. The van der Waals surface area contributed by atoms with Gasteiger partial charge >= 0.3 is 0 Å². The molecule has 1 aromatic carbocycles. The molecule has 1 saturated heterocycles. The number of methoxy groups -OCH3 is 1. The van der Waals surface area contributed by atoms with Gasteiger partial charge in [-0.1, -0.05) is 0 Å². The Kier molecular flexibility index (Phi) is 5.95. The highest BCUT2D eigenvalue weighted by Crippen LogP contribution is 2.23. The zero-order valence-corrected chi connectivity index (χ0v) is 12.3. The van der Waals surface area contributed by atoms with Crippen LogP contribution in [0.1, 0.15) is 24.8 Å².